The molecule has 0 aromatic heterocycles. The van der Waals surface area contributed by atoms with Crippen LogP contribution in [0.3, 0.4) is 0 Å². The van der Waals surface area contributed by atoms with Crippen LogP contribution in [-0.2, 0) is 9.59 Å². The van der Waals surface area contributed by atoms with Crippen LogP contribution in [0.4, 0.5) is 0 Å². The molecule has 1 aliphatic heterocycles. The van der Waals surface area contributed by atoms with Gasteiger partial charge < -0.3 is 16.8 Å². The summed E-state index contributed by atoms with van der Waals surface area (Å²) in [6.45, 7) is 2.89. The van der Waals surface area contributed by atoms with E-state index in [9.17, 15) is 9.59 Å². The van der Waals surface area contributed by atoms with E-state index in [-0.39, 0.29) is 17.9 Å². The number of rotatable bonds is 6. The highest BCUT2D eigenvalue weighted by molar-refractivity contribution is 5.87. The zero-order chi connectivity index (χ0) is 16.0. The number of hydrogen-bond acceptors (Lipinski definition) is 4. The molecule has 5 N–H and O–H groups in total. The first-order valence-electron chi connectivity index (χ1n) is 8.60. The minimum absolute atomic E-state index is 0.0841. The molecule has 1 unspecified atom stereocenters. The normalized spacial score (nSPS) is 23.7. The summed E-state index contributed by atoms with van der Waals surface area (Å²) in [6.07, 6.45) is 9.71. The van der Waals surface area contributed by atoms with E-state index in [1.165, 1.54) is 38.5 Å². The predicted octanol–water partition coefficient (Wildman–Crippen LogP) is 0.494. The number of likely N-dealkylation sites (tertiary alicyclic amines) is 1. The molecule has 6 heteroatoms. The molecule has 1 heterocycles. The van der Waals surface area contributed by atoms with Crippen molar-refractivity contribution in [2.75, 3.05) is 19.6 Å². The van der Waals surface area contributed by atoms with Gasteiger partial charge in [0.1, 0.15) is 0 Å². The van der Waals surface area contributed by atoms with Gasteiger partial charge in [-0.3, -0.25) is 14.5 Å². The Kier molecular flexibility index (Phi) is 6.20. The van der Waals surface area contributed by atoms with Gasteiger partial charge in [-0.2, -0.15) is 0 Å². The molecule has 2 amide bonds. The average Bonchev–Trinajstić information content (AvgIpc) is 2.53. The van der Waals surface area contributed by atoms with Crippen LogP contribution in [-0.4, -0.2) is 47.9 Å². The fourth-order valence-electron chi connectivity index (χ4n) is 3.88. The van der Waals surface area contributed by atoms with Crippen LogP contribution >= 0.6 is 0 Å². The van der Waals surface area contributed by atoms with Crippen LogP contribution in [0.1, 0.15) is 57.8 Å². The minimum atomic E-state index is -0.834. The van der Waals surface area contributed by atoms with E-state index in [1.54, 1.807) is 0 Å². The molecule has 0 aromatic carbocycles. The molecule has 2 rings (SSSR count). The number of piperidine rings is 1. The largest absolute Gasteiger partial charge is 0.370 e. The number of primary amides is 1. The number of amides is 2. The van der Waals surface area contributed by atoms with Crippen LogP contribution in [0.2, 0.25) is 0 Å². The van der Waals surface area contributed by atoms with Crippen molar-refractivity contribution in [1.29, 1.82) is 0 Å². The van der Waals surface area contributed by atoms with E-state index in [1.807, 2.05) is 0 Å². The van der Waals surface area contributed by atoms with Crippen molar-refractivity contribution in [1.82, 2.24) is 10.2 Å². The second kappa shape index (κ2) is 7.92. The maximum atomic E-state index is 12.1. The zero-order valence-electron chi connectivity index (χ0n) is 13.5. The van der Waals surface area contributed by atoms with Crippen LogP contribution in [0, 0.1) is 0 Å². The van der Waals surface area contributed by atoms with Gasteiger partial charge in [-0.05, 0) is 38.8 Å². The molecule has 1 saturated heterocycles. The number of nitrogens with one attached hydrogen (secondary N) is 1. The third-order valence-corrected chi connectivity index (χ3v) is 5.16. The lowest BCUT2D eigenvalue weighted by Crippen LogP contribution is -2.59. The molecule has 6 nitrogen and oxygen atoms in total. The van der Waals surface area contributed by atoms with Crippen LogP contribution in [0.5, 0.6) is 0 Å². The summed E-state index contributed by atoms with van der Waals surface area (Å²) in [6, 6.07) is -0.834. The van der Waals surface area contributed by atoms with Gasteiger partial charge in [0.25, 0.3) is 0 Å². The number of nitrogens with zero attached hydrogens (tertiary/aromatic N) is 1. The number of carbonyl (C=O) groups is 2. The summed E-state index contributed by atoms with van der Waals surface area (Å²) in [5, 5.41) is 2.98. The third kappa shape index (κ3) is 4.43. The molecule has 2 fully saturated rings. The highest BCUT2D eigenvalue weighted by atomic mass is 16.2. The Balaban J connectivity index is 1.94. The van der Waals surface area contributed by atoms with Crippen molar-refractivity contribution in [3.8, 4) is 0 Å². The van der Waals surface area contributed by atoms with Crippen molar-refractivity contribution < 1.29 is 9.59 Å². The summed E-state index contributed by atoms with van der Waals surface area (Å²) >= 11 is 0. The number of carbonyl (C=O) groups excluding carboxylic acids is 2. The van der Waals surface area contributed by atoms with E-state index >= 15 is 0 Å². The van der Waals surface area contributed by atoms with Crippen molar-refractivity contribution in [2.45, 2.75) is 69.4 Å². The molecule has 0 aromatic rings. The van der Waals surface area contributed by atoms with Crippen molar-refractivity contribution in [3.63, 3.8) is 0 Å². The molecule has 1 atom stereocenters. The molecule has 126 valence electrons. The van der Waals surface area contributed by atoms with Gasteiger partial charge in [-0.15, -0.1) is 0 Å². The Morgan fingerprint density at radius 3 is 2.23 bits per heavy atom. The summed E-state index contributed by atoms with van der Waals surface area (Å²) in [5.74, 6) is -0.799. The maximum Gasteiger partial charge on any atom is 0.237 e. The van der Waals surface area contributed by atoms with Gasteiger partial charge in [0.2, 0.25) is 11.8 Å². The molecular formula is C16H30N4O2. The smallest absolute Gasteiger partial charge is 0.237 e. The summed E-state index contributed by atoms with van der Waals surface area (Å²) in [4.78, 5) is 25.5. The first kappa shape index (κ1) is 17.2. The van der Waals surface area contributed by atoms with Crippen molar-refractivity contribution >= 4 is 11.8 Å². The second-order valence-electron chi connectivity index (χ2n) is 6.83. The molecule has 0 bridgehead atoms. The first-order chi connectivity index (χ1) is 10.5. The first-order valence-corrected chi connectivity index (χ1v) is 8.60. The topological polar surface area (TPSA) is 101 Å². The summed E-state index contributed by atoms with van der Waals surface area (Å²) in [5.41, 5.74) is 10.9. The molecular weight excluding hydrogens is 280 g/mol. The van der Waals surface area contributed by atoms with Crippen LogP contribution < -0.4 is 16.8 Å². The van der Waals surface area contributed by atoms with Crippen LogP contribution in [0.25, 0.3) is 0 Å². The fourth-order valence-corrected chi connectivity index (χ4v) is 3.88. The highest BCUT2D eigenvalue weighted by Gasteiger charge is 2.38. The van der Waals surface area contributed by atoms with E-state index < -0.39 is 11.9 Å². The molecule has 2 aliphatic rings. The van der Waals surface area contributed by atoms with Gasteiger partial charge >= 0.3 is 0 Å². The van der Waals surface area contributed by atoms with Crippen molar-refractivity contribution in [3.05, 3.63) is 0 Å². The number of hydrogen-bond donors (Lipinski definition) is 3. The SMILES string of the molecule is NC(=O)CC(N)C(=O)NCC1(N2CCCCC2)CCCCC1. The highest BCUT2D eigenvalue weighted by Crippen LogP contribution is 2.35. The quantitative estimate of drug-likeness (QED) is 0.664. The van der Waals surface area contributed by atoms with Gasteiger partial charge in [-0.1, -0.05) is 25.7 Å². The maximum absolute atomic E-state index is 12.1. The molecule has 0 radical (unpaired) electrons. The Labute approximate surface area is 133 Å². The minimum Gasteiger partial charge on any atom is -0.370 e. The fraction of sp³-hybridized carbons (Fsp3) is 0.875. The average molecular weight is 310 g/mol. The Bertz CT molecular complexity index is 388. The molecule has 1 aliphatic carbocycles. The molecule has 22 heavy (non-hydrogen) atoms. The lowest BCUT2D eigenvalue weighted by atomic mass is 9.79. The Hall–Kier alpha value is -1.14. The second-order valence-corrected chi connectivity index (χ2v) is 6.83. The van der Waals surface area contributed by atoms with E-state index in [0.717, 1.165) is 25.9 Å². The van der Waals surface area contributed by atoms with Gasteiger partial charge in [0.05, 0.1) is 12.5 Å². The van der Waals surface area contributed by atoms with Gasteiger partial charge in [-0.25, -0.2) is 0 Å². The third-order valence-electron chi connectivity index (χ3n) is 5.16. The molecule has 1 saturated carbocycles. The predicted molar refractivity (Wildman–Crippen MR) is 86.0 cm³/mol. The lowest BCUT2D eigenvalue weighted by molar-refractivity contribution is -0.127. The van der Waals surface area contributed by atoms with E-state index in [2.05, 4.69) is 10.2 Å². The summed E-state index contributed by atoms with van der Waals surface area (Å²) < 4.78 is 0. The number of nitrogens with two attached hydrogens (primary N) is 2. The zero-order valence-corrected chi connectivity index (χ0v) is 13.5. The monoisotopic (exact) mass is 310 g/mol. The lowest BCUT2D eigenvalue weighted by Gasteiger charge is -2.48. The Morgan fingerprint density at radius 1 is 1.05 bits per heavy atom. The standard InChI is InChI=1S/C16H30N4O2/c17-13(11-14(18)21)15(22)19-12-16(7-3-1-4-8-16)20-9-5-2-6-10-20/h13H,1-12,17H2,(H2,18,21)(H,19,22). The van der Waals surface area contributed by atoms with Crippen LogP contribution in [0.15, 0.2) is 0 Å². The van der Waals surface area contributed by atoms with Crippen molar-refractivity contribution in [2.24, 2.45) is 11.5 Å². The van der Waals surface area contributed by atoms with Gasteiger partial charge in [0, 0.05) is 12.1 Å². The Morgan fingerprint density at radius 2 is 1.64 bits per heavy atom. The molecule has 0 spiro atoms. The van der Waals surface area contributed by atoms with E-state index in [0.29, 0.717) is 6.54 Å². The summed E-state index contributed by atoms with van der Waals surface area (Å²) in [7, 11) is 0. The van der Waals surface area contributed by atoms with E-state index in [4.69, 9.17) is 11.5 Å². The van der Waals surface area contributed by atoms with Gasteiger partial charge in [0.15, 0.2) is 0 Å².